The number of carboxylic acid groups (broad SMARTS) is 1. The van der Waals surface area contributed by atoms with Crippen LogP contribution in [0.2, 0.25) is 0 Å². The minimum atomic E-state index is -0.811. The Labute approximate surface area is 138 Å². The zero-order valence-corrected chi connectivity index (χ0v) is 13.6. The summed E-state index contributed by atoms with van der Waals surface area (Å²) >= 11 is 1.52. The summed E-state index contributed by atoms with van der Waals surface area (Å²) in [5.41, 5.74) is 0.841. The van der Waals surface area contributed by atoms with E-state index >= 15 is 0 Å². The van der Waals surface area contributed by atoms with E-state index in [0.717, 1.165) is 5.56 Å². The van der Waals surface area contributed by atoms with E-state index < -0.39 is 12.0 Å². The Morgan fingerprint density at radius 3 is 2.74 bits per heavy atom. The first-order valence-electron chi connectivity index (χ1n) is 7.30. The van der Waals surface area contributed by atoms with Crippen LogP contribution in [0.5, 0.6) is 5.88 Å². The van der Waals surface area contributed by atoms with Crippen molar-refractivity contribution in [3.8, 4) is 5.88 Å². The van der Waals surface area contributed by atoms with Gasteiger partial charge in [0.1, 0.15) is 6.04 Å². The van der Waals surface area contributed by atoms with Crippen LogP contribution in [0.4, 0.5) is 5.95 Å². The average Bonchev–Trinajstić information content (AvgIpc) is 3.09. The van der Waals surface area contributed by atoms with E-state index in [9.17, 15) is 9.90 Å². The molecule has 0 radical (unpaired) electrons. The first kappa shape index (κ1) is 15.7. The van der Waals surface area contributed by atoms with Crippen molar-refractivity contribution in [2.75, 3.05) is 38.2 Å². The highest BCUT2D eigenvalue weighted by Gasteiger charge is 2.31. The van der Waals surface area contributed by atoms with Gasteiger partial charge in [-0.2, -0.15) is 16.3 Å². The van der Waals surface area contributed by atoms with E-state index in [1.165, 1.54) is 11.3 Å². The molecule has 2 aromatic rings. The minimum absolute atomic E-state index is 0.527. The third-order valence-corrected chi connectivity index (χ3v) is 4.58. The number of aromatic nitrogens is 2. The van der Waals surface area contributed by atoms with Gasteiger partial charge < -0.3 is 14.7 Å². The molecule has 0 amide bonds. The van der Waals surface area contributed by atoms with Crippen LogP contribution in [0.25, 0.3) is 0 Å². The molecule has 122 valence electrons. The largest absolute Gasteiger partial charge is 0.481 e. The summed E-state index contributed by atoms with van der Waals surface area (Å²) in [5.74, 6) is 0.333. The molecule has 1 atom stereocenters. The maximum Gasteiger partial charge on any atom is 0.325 e. The lowest BCUT2D eigenvalue weighted by Gasteiger charge is -2.37. The molecule has 1 N–H and O–H groups in total. The second kappa shape index (κ2) is 6.93. The predicted molar refractivity (Wildman–Crippen MR) is 87.1 cm³/mol. The fourth-order valence-electron chi connectivity index (χ4n) is 2.72. The summed E-state index contributed by atoms with van der Waals surface area (Å²) in [5, 5.41) is 13.4. The van der Waals surface area contributed by atoms with E-state index in [2.05, 4.69) is 9.97 Å². The lowest BCUT2D eigenvalue weighted by molar-refractivity contribution is -0.143. The normalized spacial score (nSPS) is 17.0. The number of nitrogens with zero attached hydrogens (tertiary/aromatic N) is 4. The molecule has 0 spiro atoms. The summed E-state index contributed by atoms with van der Waals surface area (Å²) in [4.78, 5) is 24.3. The van der Waals surface area contributed by atoms with E-state index in [1.54, 1.807) is 19.4 Å². The molecule has 1 aliphatic rings. The minimum Gasteiger partial charge on any atom is -0.481 e. The predicted octanol–water partition coefficient (Wildman–Crippen LogP) is 1.49. The Morgan fingerprint density at radius 1 is 1.35 bits per heavy atom. The number of ether oxygens (including phenoxy) is 1. The molecule has 1 aliphatic heterocycles. The second-order valence-corrected chi connectivity index (χ2v) is 6.00. The average molecular weight is 334 g/mol. The first-order valence-corrected chi connectivity index (χ1v) is 8.24. The van der Waals surface area contributed by atoms with E-state index in [0.29, 0.717) is 38.0 Å². The van der Waals surface area contributed by atoms with Crippen molar-refractivity contribution in [3.05, 3.63) is 34.7 Å². The van der Waals surface area contributed by atoms with Gasteiger partial charge in [-0.05, 0) is 22.4 Å². The molecular formula is C15H18N4O3S. The molecule has 0 bridgehead atoms. The number of piperazine rings is 1. The molecule has 0 aliphatic carbocycles. The van der Waals surface area contributed by atoms with Gasteiger partial charge in [-0.15, -0.1) is 0 Å². The number of aliphatic carboxylic acids is 1. The van der Waals surface area contributed by atoms with Crippen LogP contribution in [-0.2, 0) is 4.79 Å². The second-order valence-electron chi connectivity index (χ2n) is 5.22. The lowest BCUT2D eigenvalue weighted by Crippen LogP contribution is -2.49. The Balaban J connectivity index is 1.68. The first-order chi connectivity index (χ1) is 11.2. The van der Waals surface area contributed by atoms with Crippen molar-refractivity contribution in [1.29, 1.82) is 0 Å². The summed E-state index contributed by atoms with van der Waals surface area (Å²) in [6, 6.07) is 2.99. The molecule has 3 rings (SSSR count). The number of carbonyl (C=O) groups is 1. The van der Waals surface area contributed by atoms with Gasteiger partial charge in [0, 0.05) is 38.4 Å². The van der Waals surface area contributed by atoms with Crippen LogP contribution in [0.3, 0.4) is 0 Å². The van der Waals surface area contributed by atoms with E-state index in [4.69, 9.17) is 4.74 Å². The molecule has 1 fully saturated rings. The zero-order chi connectivity index (χ0) is 16.2. The van der Waals surface area contributed by atoms with Crippen LogP contribution in [0.1, 0.15) is 11.6 Å². The molecule has 8 heteroatoms. The molecule has 1 unspecified atom stereocenters. The molecule has 3 heterocycles. The Hall–Kier alpha value is -2.19. The van der Waals surface area contributed by atoms with Crippen molar-refractivity contribution >= 4 is 23.3 Å². The van der Waals surface area contributed by atoms with Crippen LogP contribution in [0, 0.1) is 0 Å². The third-order valence-electron chi connectivity index (χ3n) is 3.88. The molecular weight excluding hydrogens is 316 g/mol. The number of hydrogen-bond donors (Lipinski definition) is 1. The SMILES string of the molecule is COc1ccnc(N2CCN(C(C(=O)O)c3ccsc3)CC2)n1. The fraction of sp³-hybridized carbons (Fsp3) is 0.400. The number of thiophene rings is 1. The number of hydrogen-bond acceptors (Lipinski definition) is 7. The summed E-state index contributed by atoms with van der Waals surface area (Å²) in [7, 11) is 1.57. The third kappa shape index (κ3) is 3.43. The van der Waals surface area contributed by atoms with Gasteiger partial charge >= 0.3 is 5.97 Å². The molecule has 1 saturated heterocycles. The number of anilines is 1. The monoisotopic (exact) mass is 334 g/mol. The van der Waals surface area contributed by atoms with Crippen molar-refractivity contribution in [2.24, 2.45) is 0 Å². The smallest absolute Gasteiger partial charge is 0.325 e. The molecule has 0 saturated carbocycles. The molecule has 23 heavy (non-hydrogen) atoms. The van der Waals surface area contributed by atoms with Crippen LogP contribution < -0.4 is 9.64 Å². The Bertz CT molecular complexity index is 657. The van der Waals surface area contributed by atoms with Gasteiger partial charge in [0.2, 0.25) is 11.8 Å². The topological polar surface area (TPSA) is 78.8 Å². The van der Waals surface area contributed by atoms with Crippen molar-refractivity contribution in [1.82, 2.24) is 14.9 Å². The van der Waals surface area contributed by atoms with Crippen molar-refractivity contribution < 1.29 is 14.6 Å². The van der Waals surface area contributed by atoms with Gasteiger partial charge in [-0.3, -0.25) is 9.69 Å². The molecule has 7 nitrogen and oxygen atoms in total. The summed E-state index contributed by atoms with van der Waals surface area (Å²) < 4.78 is 5.12. The highest BCUT2D eigenvalue weighted by atomic mass is 32.1. The van der Waals surface area contributed by atoms with Crippen molar-refractivity contribution in [3.63, 3.8) is 0 Å². The highest BCUT2D eigenvalue weighted by molar-refractivity contribution is 7.08. The van der Waals surface area contributed by atoms with Crippen LogP contribution in [-0.4, -0.2) is 59.2 Å². The zero-order valence-electron chi connectivity index (χ0n) is 12.8. The standard InChI is InChI=1S/C15H18N4O3S/c1-22-12-2-4-16-15(17-12)19-7-5-18(6-8-19)13(14(20)21)11-3-9-23-10-11/h2-4,9-10,13H,5-8H2,1H3,(H,20,21). The van der Waals surface area contributed by atoms with Gasteiger partial charge in [0.25, 0.3) is 0 Å². The maximum absolute atomic E-state index is 11.6. The van der Waals surface area contributed by atoms with Crippen LogP contribution in [0.15, 0.2) is 29.1 Å². The van der Waals surface area contributed by atoms with Gasteiger partial charge in [0.05, 0.1) is 7.11 Å². The Kier molecular flexibility index (Phi) is 4.73. The van der Waals surface area contributed by atoms with Gasteiger partial charge in [-0.1, -0.05) is 0 Å². The number of rotatable bonds is 5. The molecule has 0 aromatic carbocycles. The van der Waals surface area contributed by atoms with E-state index in [-0.39, 0.29) is 0 Å². The van der Waals surface area contributed by atoms with Gasteiger partial charge in [0.15, 0.2) is 0 Å². The number of carboxylic acids is 1. The maximum atomic E-state index is 11.6. The van der Waals surface area contributed by atoms with E-state index in [1.807, 2.05) is 26.6 Å². The molecule has 2 aromatic heterocycles. The summed E-state index contributed by atoms with van der Waals surface area (Å²) in [6.07, 6.45) is 1.67. The fourth-order valence-corrected chi connectivity index (χ4v) is 3.40. The van der Waals surface area contributed by atoms with Crippen LogP contribution >= 0.6 is 11.3 Å². The summed E-state index contributed by atoms with van der Waals surface area (Å²) in [6.45, 7) is 2.66. The van der Waals surface area contributed by atoms with Crippen molar-refractivity contribution in [2.45, 2.75) is 6.04 Å². The van der Waals surface area contributed by atoms with Gasteiger partial charge in [-0.25, -0.2) is 4.98 Å². The number of methoxy groups -OCH3 is 1. The highest BCUT2D eigenvalue weighted by Crippen LogP contribution is 2.25. The quantitative estimate of drug-likeness (QED) is 0.887. The lowest BCUT2D eigenvalue weighted by atomic mass is 10.1. The Morgan fingerprint density at radius 2 is 2.13 bits per heavy atom.